The minimum absolute atomic E-state index is 0.0166. The summed E-state index contributed by atoms with van der Waals surface area (Å²) in [4.78, 5) is 22.1. The third kappa shape index (κ3) is 3.70. The molecule has 0 atom stereocenters. The fourth-order valence-corrected chi connectivity index (χ4v) is 3.89. The van der Waals surface area contributed by atoms with E-state index in [1.165, 1.54) is 0 Å². The van der Waals surface area contributed by atoms with Gasteiger partial charge in [-0.2, -0.15) is 0 Å². The molecule has 0 unspecified atom stereocenters. The van der Waals surface area contributed by atoms with E-state index >= 15 is 0 Å². The predicted octanol–water partition coefficient (Wildman–Crippen LogP) is 3.36. The molecule has 6 heteroatoms. The van der Waals surface area contributed by atoms with Gasteiger partial charge in [0.25, 0.3) is 5.91 Å². The van der Waals surface area contributed by atoms with Gasteiger partial charge in [0.05, 0.1) is 23.6 Å². The van der Waals surface area contributed by atoms with Crippen LogP contribution < -0.4 is 4.74 Å². The van der Waals surface area contributed by atoms with Gasteiger partial charge in [0, 0.05) is 19.3 Å². The van der Waals surface area contributed by atoms with Gasteiger partial charge >= 0.3 is 0 Å². The number of likely N-dealkylation sites (tertiary alicyclic amines) is 1. The number of rotatable bonds is 6. The predicted molar refractivity (Wildman–Crippen MR) is 101 cm³/mol. The fourth-order valence-electron chi connectivity index (χ4n) is 3.89. The Labute approximate surface area is 154 Å². The number of hydrogen-bond acceptors (Lipinski definition) is 4. The molecule has 142 valence electrons. The molecule has 0 spiro atoms. The highest BCUT2D eigenvalue weighted by molar-refractivity contribution is 5.99. The molecular weight excluding hydrogens is 330 g/mol. The zero-order valence-electron chi connectivity index (χ0n) is 15.9. The second-order valence-electron chi connectivity index (χ2n) is 7.34. The summed E-state index contributed by atoms with van der Waals surface area (Å²) >= 11 is 0. The maximum absolute atomic E-state index is 12.9. The molecule has 0 saturated carbocycles. The topological polar surface area (TPSA) is 78.4 Å². The number of piperidine rings is 1. The van der Waals surface area contributed by atoms with E-state index in [0.717, 1.165) is 56.1 Å². The number of H-pyrrole nitrogens is 1. The van der Waals surface area contributed by atoms with Crippen LogP contribution in [0.5, 0.6) is 5.88 Å². The lowest BCUT2D eigenvalue weighted by Gasteiger charge is -2.36. The number of amides is 1. The van der Waals surface area contributed by atoms with Gasteiger partial charge in [-0.3, -0.25) is 4.79 Å². The van der Waals surface area contributed by atoms with E-state index in [-0.39, 0.29) is 5.91 Å². The summed E-state index contributed by atoms with van der Waals surface area (Å²) in [6, 6.07) is 3.67. The number of nitrogens with zero attached hydrogens (tertiary/aromatic N) is 2. The van der Waals surface area contributed by atoms with Crippen LogP contribution in [0.15, 0.2) is 18.3 Å². The Bertz CT molecular complexity index is 759. The molecule has 1 aliphatic rings. The normalized spacial score (nSPS) is 16.2. The minimum Gasteiger partial charge on any atom is -0.481 e. The number of methoxy groups -OCH3 is 1. The molecule has 2 aromatic rings. The van der Waals surface area contributed by atoms with Gasteiger partial charge in [-0.15, -0.1) is 0 Å². The number of hydrogen-bond donors (Lipinski definition) is 2. The first kappa shape index (κ1) is 18.7. The van der Waals surface area contributed by atoms with Crippen LogP contribution in [0.2, 0.25) is 0 Å². The molecule has 2 aromatic heterocycles. The summed E-state index contributed by atoms with van der Waals surface area (Å²) < 4.78 is 5.27. The van der Waals surface area contributed by atoms with Gasteiger partial charge in [-0.1, -0.05) is 13.8 Å². The molecule has 0 radical (unpaired) electrons. The third-order valence-electron chi connectivity index (χ3n) is 5.82. The number of nitrogens with one attached hydrogen (secondary N) is 1. The SMILES string of the molecule is CCC(O)(CC)CC1CCN(C(=O)c2cc3c(OC)nccc3[nH]2)CC1. The highest BCUT2D eigenvalue weighted by Gasteiger charge is 2.31. The monoisotopic (exact) mass is 359 g/mol. The number of fused-ring (bicyclic) bond motifs is 1. The first-order valence-corrected chi connectivity index (χ1v) is 9.53. The van der Waals surface area contributed by atoms with E-state index in [4.69, 9.17) is 4.74 Å². The lowest BCUT2D eigenvalue weighted by atomic mass is 9.82. The Morgan fingerprint density at radius 1 is 1.38 bits per heavy atom. The minimum atomic E-state index is -0.558. The fraction of sp³-hybridized carbons (Fsp3) is 0.600. The second-order valence-corrected chi connectivity index (χ2v) is 7.34. The van der Waals surface area contributed by atoms with Crippen molar-refractivity contribution < 1.29 is 14.6 Å². The number of carbonyl (C=O) groups is 1. The van der Waals surface area contributed by atoms with Crippen molar-refractivity contribution in [3.63, 3.8) is 0 Å². The quantitative estimate of drug-likeness (QED) is 0.829. The van der Waals surface area contributed by atoms with Crippen LogP contribution in [0.3, 0.4) is 0 Å². The second kappa shape index (κ2) is 7.66. The molecule has 1 aliphatic heterocycles. The molecule has 0 bridgehead atoms. The highest BCUT2D eigenvalue weighted by atomic mass is 16.5. The van der Waals surface area contributed by atoms with Crippen molar-refractivity contribution in [2.75, 3.05) is 20.2 Å². The number of aromatic nitrogens is 2. The third-order valence-corrected chi connectivity index (χ3v) is 5.82. The zero-order valence-corrected chi connectivity index (χ0v) is 15.9. The van der Waals surface area contributed by atoms with E-state index in [1.807, 2.05) is 30.9 Å². The Kier molecular flexibility index (Phi) is 5.51. The van der Waals surface area contributed by atoms with Crippen LogP contribution in [0.1, 0.15) is 56.4 Å². The van der Waals surface area contributed by atoms with Crippen LogP contribution in [0.25, 0.3) is 10.9 Å². The van der Waals surface area contributed by atoms with Crippen LogP contribution in [0, 0.1) is 5.92 Å². The number of carbonyl (C=O) groups excluding carboxylic acids is 1. The average Bonchev–Trinajstić information content (AvgIpc) is 3.12. The number of aliphatic hydroxyl groups is 1. The van der Waals surface area contributed by atoms with Crippen molar-refractivity contribution in [2.45, 2.75) is 51.6 Å². The number of pyridine rings is 1. The Morgan fingerprint density at radius 2 is 2.08 bits per heavy atom. The van der Waals surface area contributed by atoms with Gasteiger partial charge in [0.15, 0.2) is 0 Å². The number of aromatic amines is 1. The van der Waals surface area contributed by atoms with Crippen molar-refractivity contribution in [3.8, 4) is 5.88 Å². The molecule has 3 rings (SSSR count). The highest BCUT2D eigenvalue weighted by Crippen LogP contribution is 2.31. The van der Waals surface area contributed by atoms with Crippen molar-refractivity contribution >= 4 is 16.8 Å². The van der Waals surface area contributed by atoms with E-state index in [2.05, 4.69) is 9.97 Å². The first-order chi connectivity index (χ1) is 12.5. The van der Waals surface area contributed by atoms with Crippen molar-refractivity contribution in [1.82, 2.24) is 14.9 Å². The largest absolute Gasteiger partial charge is 0.481 e. The summed E-state index contributed by atoms with van der Waals surface area (Å²) in [5, 5.41) is 11.4. The zero-order chi connectivity index (χ0) is 18.7. The summed E-state index contributed by atoms with van der Waals surface area (Å²) in [5.41, 5.74) is 0.867. The van der Waals surface area contributed by atoms with Crippen LogP contribution >= 0.6 is 0 Å². The molecule has 0 aromatic carbocycles. The molecule has 0 aliphatic carbocycles. The van der Waals surface area contributed by atoms with Crippen LogP contribution in [-0.2, 0) is 0 Å². The Hall–Kier alpha value is -2.08. The molecule has 26 heavy (non-hydrogen) atoms. The molecule has 6 nitrogen and oxygen atoms in total. The molecule has 1 fully saturated rings. The van der Waals surface area contributed by atoms with Gasteiger partial charge in [-0.25, -0.2) is 4.98 Å². The summed E-state index contributed by atoms with van der Waals surface area (Å²) in [6.07, 6.45) is 5.96. The average molecular weight is 359 g/mol. The molecule has 1 saturated heterocycles. The van der Waals surface area contributed by atoms with E-state index in [1.54, 1.807) is 13.3 Å². The molecule has 1 amide bonds. The maximum atomic E-state index is 12.9. The smallest absolute Gasteiger partial charge is 0.270 e. The van der Waals surface area contributed by atoms with E-state index < -0.39 is 5.60 Å². The van der Waals surface area contributed by atoms with Gasteiger partial charge < -0.3 is 19.7 Å². The molecular formula is C20H29N3O3. The lowest BCUT2D eigenvalue weighted by molar-refractivity contribution is -0.00131. The summed E-state index contributed by atoms with van der Waals surface area (Å²) in [5.74, 6) is 1.02. The van der Waals surface area contributed by atoms with Crippen molar-refractivity contribution in [2.24, 2.45) is 5.92 Å². The molecule has 3 heterocycles. The maximum Gasteiger partial charge on any atom is 0.270 e. The molecule has 2 N–H and O–H groups in total. The van der Waals surface area contributed by atoms with Crippen molar-refractivity contribution in [1.29, 1.82) is 0 Å². The van der Waals surface area contributed by atoms with E-state index in [9.17, 15) is 9.90 Å². The van der Waals surface area contributed by atoms with Gasteiger partial charge in [0.2, 0.25) is 5.88 Å². The lowest BCUT2D eigenvalue weighted by Crippen LogP contribution is -2.41. The van der Waals surface area contributed by atoms with Crippen LogP contribution in [-0.4, -0.2) is 51.7 Å². The van der Waals surface area contributed by atoms with Crippen LogP contribution in [0.4, 0.5) is 0 Å². The van der Waals surface area contributed by atoms with E-state index in [0.29, 0.717) is 17.5 Å². The standard InChI is InChI=1S/C20H29N3O3/c1-4-20(25,5-2)13-14-7-10-23(11-8-14)19(24)17-12-15-16(22-17)6-9-21-18(15)26-3/h6,9,12,14,22,25H,4-5,7-8,10-11,13H2,1-3H3. The van der Waals surface area contributed by atoms with Gasteiger partial charge in [-0.05, 0) is 50.2 Å². The number of ether oxygens (including phenoxy) is 1. The van der Waals surface area contributed by atoms with Crippen molar-refractivity contribution in [3.05, 3.63) is 24.0 Å². The Balaban J connectivity index is 1.65. The first-order valence-electron chi connectivity index (χ1n) is 9.53. The van der Waals surface area contributed by atoms with Gasteiger partial charge in [0.1, 0.15) is 5.69 Å². The summed E-state index contributed by atoms with van der Waals surface area (Å²) in [7, 11) is 1.58. The summed E-state index contributed by atoms with van der Waals surface area (Å²) in [6.45, 7) is 5.55. The Morgan fingerprint density at radius 3 is 2.69 bits per heavy atom.